The molecule has 1 heterocycles. The van der Waals surface area contributed by atoms with Gasteiger partial charge in [0.2, 0.25) is 0 Å². The van der Waals surface area contributed by atoms with Crippen molar-refractivity contribution in [1.82, 2.24) is 5.32 Å². The molecule has 0 saturated heterocycles. The highest BCUT2D eigenvalue weighted by atomic mass is 19.1. The van der Waals surface area contributed by atoms with Crippen molar-refractivity contribution < 1.29 is 9.50 Å². The molecule has 0 spiro atoms. The van der Waals surface area contributed by atoms with Crippen molar-refractivity contribution in [3.05, 3.63) is 70.0 Å². The van der Waals surface area contributed by atoms with Crippen LogP contribution in [-0.2, 0) is 12.0 Å². The van der Waals surface area contributed by atoms with Gasteiger partial charge in [-0.25, -0.2) is 4.39 Å². The fourth-order valence-electron chi connectivity index (χ4n) is 3.36. The highest BCUT2D eigenvalue weighted by molar-refractivity contribution is 5.48. The zero-order valence-corrected chi connectivity index (χ0v) is 13.3. The summed E-state index contributed by atoms with van der Waals surface area (Å²) in [7, 11) is 0. The molecular weight excluding hydrogens is 277 g/mol. The lowest BCUT2D eigenvalue weighted by Crippen LogP contribution is -2.43. The fraction of sp³-hybridized carbons (Fsp3) is 0.368. The van der Waals surface area contributed by atoms with E-state index in [-0.39, 0.29) is 23.9 Å². The molecule has 0 aliphatic carbocycles. The molecule has 2 aromatic carbocycles. The molecule has 1 aliphatic heterocycles. The average Bonchev–Trinajstić information content (AvgIpc) is 2.49. The molecule has 2 nitrogen and oxygen atoms in total. The number of hydrogen-bond acceptors (Lipinski definition) is 2. The first kappa shape index (κ1) is 15.2. The predicted octanol–water partition coefficient (Wildman–Crippen LogP) is 3.60. The number of rotatable bonds is 2. The van der Waals surface area contributed by atoms with Crippen LogP contribution in [0.4, 0.5) is 4.39 Å². The molecule has 2 N–H and O–H groups in total. The van der Waals surface area contributed by atoms with Crippen molar-refractivity contribution in [3.8, 4) is 0 Å². The fourth-order valence-corrected chi connectivity index (χ4v) is 3.36. The Balaban J connectivity index is 2.24. The predicted molar refractivity (Wildman–Crippen MR) is 86.4 cm³/mol. The Bertz CT molecular complexity index is 709. The van der Waals surface area contributed by atoms with E-state index < -0.39 is 0 Å². The Morgan fingerprint density at radius 2 is 1.95 bits per heavy atom. The van der Waals surface area contributed by atoms with Crippen LogP contribution in [0.3, 0.4) is 0 Å². The molecule has 1 unspecified atom stereocenters. The van der Waals surface area contributed by atoms with Crippen LogP contribution in [0.1, 0.15) is 47.7 Å². The largest absolute Gasteiger partial charge is 0.392 e. The molecule has 0 aromatic heterocycles. The topological polar surface area (TPSA) is 32.3 Å². The average molecular weight is 299 g/mol. The summed E-state index contributed by atoms with van der Waals surface area (Å²) in [5.74, 6) is -0.284. The van der Waals surface area contributed by atoms with E-state index in [4.69, 9.17) is 0 Å². The van der Waals surface area contributed by atoms with Gasteiger partial charge in [0.05, 0.1) is 12.6 Å². The second-order valence-electron chi connectivity index (χ2n) is 6.71. The summed E-state index contributed by atoms with van der Waals surface area (Å²) in [5.41, 5.74) is 4.15. The maximum absolute atomic E-state index is 15.0. The quantitative estimate of drug-likeness (QED) is 0.888. The summed E-state index contributed by atoms with van der Waals surface area (Å²) < 4.78 is 15.0. The summed E-state index contributed by atoms with van der Waals surface area (Å²) in [6.07, 6.45) is 0. The van der Waals surface area contributed by atoms with Crippen molar-refractivity contribution in [2.24, 2.45) is 0 Å². The van der Waals surface area contributed by atoms with Gasteiger partial charge in [0.1, 0.15) is 5.82 Å². The maximum Gasteiger partial charge on any atom is 0.134 e. The van der Waals surface area contributed by atoms with Crippen LogP contribution in [-0.4, -0.2) is 11.7 Å². The molecule has 1 aliphatic rings. The lowest BCUT2D eigenvalue weighted by atomic mass is 9.74. The molecule has 3 rings (SSSR count). The number of halogens is 1. The monoisotopic (exact) mass is 299 g/mol. The maximum atomic E-state index is 15.0. The van der Waals surface area contributed by atoms with E-state index in [1.54, 1.807) is 6.07 Å². The Labute approximate surface area is 131 Å². The second kappa shape index (κ2) is 5.49. The van der Waals surface area contributed by atoms with E-state index >= 15 is 0 Å². The molecule has 0 fully saturated rings. The van der Waals surface area contributed by atoms with Gasteiger partial charge in [-0.1, -0.05) is 50.2 Å². The van der Waals surface area contributed by atoms with Gasteiger partial charge in [-0.3, -0.25) is 0 Å². The summed E-state index contributed by atoms with van der Waals surface area (Å²) in [6, 6.07) is 11.6. The molecule has 22 heavy (non-hydrogen) atoms. The third kappa shape index (κ3) is 2.34. The third-order valence-corrected chi connectivity index (χ3v) is 4.70. The number of aliphatic hydroxyl groups is 1. The first-order chi connectivity index (χ1) is 10.5. The first-order valence-electron chi connectivity index (χ1n) is 7.67. The van der Waals surface area contributed by atoms with E-state index in [0.717, 1.165) is 23.2 Å². The molecule has 2 aromatic rings. The smallest absolute Gasteiger partial charge is 0.134 e. The van der Waals surface area contributed by atoms with Crippen molar-refractivity contribution in [2.45, 2.75) is 38.8 Å². The molecule has 1 atom stereocenters. The molecule has 0 bridgehead atoms. The van der Waals surface area contributed by atoms with Gasteiger partial charge in [-0.05, 0) is 23.6 Å². The molecule has 116 valence electrons. The third-order valence-electron chi connectivity index (χ3n) is 4.70. The minimum absolute atomic E-state index is 0.136. The first-order valence-corrected chi connectivity index (χ1v) is 7.67. The molecule has 0 saturated carbocycles. The zero-order valence-electron chi connectivity index (χ0n) is 13.3. The van der Waals surface area contributed by atoms with Crippen LogP contribution in [0.5, 0.6) is 0 Å². The van der Waals surface area contributed by atoms with Crippen molar-refractivity contribution in [1.29, 1.82) is 0 Å². The number of nitrogens with one attached hydrogen (secondary N) is 1. The molecule has 3 heteroatoms. The van der Waals surface area contributed by atoms with Crippen LogP contribution in [0.15, 0.2) is 36.4 Å². The van der Waals surface area contributed by atoms with Crippen LogP contribution in [0.25, 0.3) is 0 Å². The van der Waals surface area contributed by atoms with E-state index in [2.05, 4.69) is 19.2 Å². The van der Waals surface area contributed by atoms with Gasteiger partial charge in [0.25, 0.3) is 0 Å². The second-order valence-corrected chi connectivity index (χ2v) is 6.71. The number of benzene rings is 2. The van der Waals surface area contributed by atoms with E-state index in [0.29, 0.717) is 11.1 Å². The highest BCUT2D eigenvalue weighted by Crippen LogP contribution is 2.40. The number of fused-ring (bicyclic) bond motifs is 1. The Hall–Kier alpha value is -1.71. The lowest BCUT2D eigenvalue weighted by molar-refractivity contribution is 0.274. The van der Waals surface area contributed by atoms with Gasteiger partial charge < -0.3 is 10.4 Å². The summed E-state index contributed by atoms with van der Waals surface area (Å²) >= 11 is 0. The Morgan fingerprint density at radius 1 is 1.23 bits per heavy atom. The van der Waals surface area contributed by atoms with Gasteiger partial charge in [0.15, 0.2) is 0 Å². The minimum atomic E-state index is -0.284. The number of hydrogen-bond donors (Lipinski definition) is 2. The van der Waals surface area contributed by atoms with Crippen LogP contribution < -0.4 is 5.32 Å². The molecular formula is C19H22FNO. The standard InChI is InChI=1S/C19H22FNO/c1-12-6-4-5-7-14(12)18-16-15(19(2,3)11-21-18)9-8-13(10-22)17(16)20/h4-9,18,21-22H,10-11H2,1-3H3. The zero-order chi connectivity index (χ0) is 15.9. The minimum Gasteiger partial charge on any atom is -0.392 e. The van der Waals surface area contributed by atoms with Gasteiger partial charge in [-0.2, -0.15) is 0 Å². The Morgan fingerprint density at radius 3 is 2.64 bits per heavy atom. The van der Waals surface area contributed by atoms with Crippen molar-refractivity contribution in [3.63, 3.8) is 0 Å². The Kier molecular flexibility index (Phi) is 3.79. The number of aryl methyl sites for hydroxylation is 1. The lowest BCUT2D eigenvalue weighted by Gasteiger charge is -2.39. The van der Waals surface area contributed by atoms with Crippen LogP contribution in [0, 0.1) is 12.7 Å². The van der Waals surface area contributed by atoms with Gasteiger partial charge >= 0.3 is 0 Å². The van der Waals surface area contributed by atoms with Gasteiger partial charge in [-0.15, -0.1) is 0 Å². The summed E-state index contributed by atoms with van der Waals surface area (Å²) in [6.45, 7) is 6.79. The number of aliphatic hydroxyl groups excluding tert-OH is 1. The van der Waals surface area contributed by atoms with Gasteiger partial charge in [0, 0.05) is 23.1 Å². The van der Waals surface area contributed by atoms with E-state index in [1.807, 2.05) is 37.3 Å². The molecule has 0 amide bonds. The van der Waals surface area contributed by atoms with Crippen molar-refractivity contribution >= 4 is 0 Å². The normalized spacial score (nSPS) is 19.8. The van der Waals surface area contributed by atoms with Crippen LogP contribution >= 0.6 is 0 Å². The van der Waals surface area contributed by atoms with Crippen LogP contribution in [0.2, 0.25) is 0 Å². The molecule has 0 radical (unpaired) electrons. The van der Waals surface area contributed by atoms with E-state index in [9.17, 15) is 9.50 Å². The van der Waals surface area contributed by atoms with E-state index in [1.165, 1.54) is 0 Å². The summed E-state index contributed by atoms with van der Waals surface area (Å²) in [5, 5.41) is 12.9. The summed E-state index contributed by atoms with van der Waals surface area (Å²) in [4.78, 5) is 0. The SMILES string of the molecule is Cc1ccccc1C1NCC(C)(C)c2ccc(CO)c(F)c21. The highest BCUT2D eigenvalue weighted by Gasteiger charge is 2.36. The van der Waals surface area contributed by atoms with Crippen molar-refractivity contribution in [2.75, 3.05) is 6.54 Å².